The fraction of sp³-hybridized carbons (Fsp3) is 0.364. The van der Waals surface area contributed by atoms with Crippen LogP contribution in [0.3, 0.4) is 0 Å². The van der Waals surface area contributed by atoms with E-state index in [4.69, 9.17) is 11.6 Å². The van der Waals surface area contributed by atoms with Gasteiger partial charge in [0.2, 0.25) is 0 Å². The minimum absolute atomic E-state index is 0.0669. The molecule has 1 aromatic carbocycles. The summed E-state index contributed by atoms with van der Waals surface area (Å²) in [6.45, 7) is 0.657. The summed E-state index contributed by atoms with van der Waals surface area (Å²) in [6, 6.07) is 5.52. The lowest BCUT2D eigenvalue weighted by atomic mass is 10.2. The molecule has 1 N–H and O–H groups in total. The molecule has 0 aliphatic carbocycles. The Hall–Kier alpha value is -0.0600. The van der Waals surface area contributed by atoms with E-state index in [9.17, 15) is 4.79 Å². The van der Waals surface area contributed by atoms with E-state index in [0.29, 0.717) is 18.0 Å². The van der Waals surface area contributed by atoms with Crippen LogP contribution >= 0.6 is 43.5 Å². The van der Waals surface area contributed by atoms with Crippen molar-refractivity contribution in [1.82, 2.24) is 5.32 Å². The fourth-order valence-electron chi connectivity index (χ4n) is 1.19. The number of rotatable bonds is 5. The zero-order chi connectivity index (χ0) is 12.0. The van der Waals surface area contributed by atoms with Crippen LogP contribution in [-0.2, 0) is 0 Å². The van der Waals surface area contributed by atoms with Gasteiger partial charge in [-0.05, 0) is 47.0 Å². The number of nitrogens with one attached hydrogen (secondary N) is 1. The molecular weight excluding hydrogens is 357 g/mol. The minimum Gasteiger partial charge on any atom is -0.352 e. The Morgan fingerprint density at radius 2 is 2.06 bits per heavy atom. The van der Waals surface area contributed by atoms with Gasteiger partial charge >= 0.3 is 0 Å². The third kappa shape index (κ3) is 4.44. The normalized spacial score (nSPS) is 10.2. The lowest BCUT2D eigenvalue weighted by Gasteiger charge is -2.06. The molecule has 0 spiro atoms. The summed E-state index contributed by atoms with van der Waals surface area (Å²) in [7, 11) is 0. The van der Waals surface area contributed by atoms with Crippen molar-refractivity contribution in [2.24, 2.45) is 0 Å². The monoisotopic (exact) mass is 367 g/mol. The largest absolute Gasteiger partial charge is 0.352 e. The molecule has 1 aromatic rings. The molecule has 0 bridgehead atoms. The Morgan fingerprint density at radius 3 is 2.75 bits per heavy atom. The van der Waals surface area contributed by atoms with Crippen molar-refractivity contribution in [2.75, 3.05) is 12.4 Å². The maximum absolute atomic E-state index is 11.8. The second-order valence-corrected chi connectivity index (χ2v) is 5.42. The van der Waals surface area contributed by atoms with Crippen LogP contribution in [0.1, 0.15) is 23.2 Å². The summed E-state index contributed by atoms with van der Waals surface area (Å²) < 4.78 is 1.69. The van der Waals surface area contributed by atoms with Crippen molar-refractivity contribution in [3.63, 3.8) is 0 Å². The number of hydrogen-bond acceptors (Lipinski definition) is 1. The van der Waals surface area contributed by atoms with Crippen LogP contribution < -0.4 is 5.32 Å². The predicted molar refractivity (Wildman–Crippen MR) is 74.1 cm³/mol. The average Bonchev–Trinajstić information content (AvgIpc) is 2.27. The van der Waals surface area contributed by atoms with E-state index in [1.54, 1.807) is 6.07 Å². The Kier molecular flexibility index (Phi) is 6.39. The van der Waals surface area contributed by atoms with Gasteiger partial charge in [0.15, 0.2) is 0 Å². The highest BCUT2D eigenvalue weighted by molar-refractivity contribution is 9.11. The third-order valence-electron chi connectivity index (χ3n) is 2.02. The summed E-state index contributed by atoms with van der Waals surface area (Å²) in [6.07, 6.45) is 1.82. The summed E-state index contributed by atoms with van der Waals surface area (Å²) in [5.74, 6) is 0.568. The molecule has 5 heteroatoms. The van der Waals surface area contributed by atoms with E-state index in [1.165, 1.54) is 0 Å². The highest BCUT2D eigenvalue weighted by atomic mass is 79.9. The molecule has 0 atom stereocenters. The molecule has 0 aliphatic rings. The average molecular weight is 369 g/mol. The highest BCUT2D eigenvalue weighted by Gasteiger charge is 2.09. The molecule has 0 radical (unpaired) electrons. The molecule has 1 rings (SSSR count). The summed E-state index contributed by atoms with van der Waals surface area (Å²) in [5, 5.41) is 2.85. The topological polar surface area (TPSA) is 29.1 Å². The standard InChI is InChI=1S/C11H12Br2ClNO/c12-8-3-4-10(13)9(7-8)11(16)15-6-2-1-5-14/h3-4,7H,1-2,5-6H2,(H,15,16). The Morgan fingerprint density at radius 1 is 1.31 bits per heavy atom. The molecule has 0 saturated carbocycles. The number of alkyl halides is 1. The lowest BCUT2D eigenvalue weighted by molar-refractivity contribution is 0.0952. The second kappa shape index (κ2) is 7.30. The highest BCUT2D eigenvalue weighted by Crippen LogP contribution is 2.21. The minimum atomic E-state index is -0.0669. The van der Waals surface area contributed by atoms with E-state index in [2.05, 4.69) is 37.2 Å². The van der Waals surface area contributed by atoms with Gasteiger partial charge in [0.25, 0.3) is 5.91 Å². The molecule has 0 aromatic heterocycles. The molecule has 88 valence electrons. The molecule has 0 fully saturated rings. The van der Waals surface area contributed by atoms with Crippen LogP contribution in [0.2, 0.25) is 0 Å². The second-order valence-electron chi connectivity index (χ2n) is 3.28. The molecule has 1 amide bonds. The summed E-state index contributed by atoms with van der Waals surface area (Å²) in [4.78, 5) is 11.8. The van der Waals surface area contributed by atoms with Crippen molar-refractivity contribution < 1.29 is 4.79 Å². The van der Waals surface area contributed by atoms with Crippen LogP contribution in [0, 0.1) is 0 Å². The zero-order valence-electron chi connectivity index (χ0n) is 8.60. The first-order chi connectivity index (χ1) is 7.65. The molecule has 16 heavy (non-hydrogen) atoms. The van der Waals surface area contributed by atoms with Crippen molar-refractivity contribution in [1.29, 1.82) is 0 Å². The van der Waals surface area contributed by atoms with Gasteiger partial charge < -0.3 is 5.32 Å². The van der Waals surface area contributed by atoms with Crippen molar-refractivity contribution >= 4 is 49.4 Å². The van der Waals surface area contributed by atoms with Gasteiger partial charge in [0.1, 0.15) is 0 Å². The maximum atomic E-state index is 11.8. The van der Waals surface area contributed by atoms with Crippen molar-refractivity contribution in [2.45, 2.75) is 12.8 Å². The third-order valence-corrected chi connectivity index (χ3v) is 3.47. The predicted octanol–water partition coefficient (Wildman–Crippen LogP) is 3.96. The quantitative estimate of drug-likeness (QED) is 0.618. The van der Waals surface area contributed by atoms with E-state index in [-0.39, 0.29) is 5.91 Å². The summed E-state index contributed by atoms with van der Waals surface area (Å²) >= 11 is 12.2. The van der Waals surface area contributed by atoms with Gasteiger partial charge in [-0.1, -0.05) is 15.9 Å². The molecule has 0 heterocycles. The molecule has 0 aliphatic heterocycles. The van der Waals surface area contributed by atoms with E-state index in [1.807, 2.05) is 12.1 Å². The smallest absolute Gasteiger partial charge is 0.252 e. The molecule has 0 saturated heterocycles. The van der Waals surface area contributed by atoms with Gasteiger partial charge in [-0.15, -0.1) is 11.6 Å². The maximum Gasteiger partial charge on any atom is 0.252 e. The first-order valence-electron chi connectivity index (χ1n) is 4.94. The van der Waals surface area contributed by atoms with Gasteiger partial charge in [-0.3, -0.25) is 4.79 Å². The lowest BCUT2D eigenvalue weighted by Crippen LogP contribution is -2.24. The SMILES string of the molecule is O=C(NCCCCCl)c1cc(Br)ccc1Br. The van der Waals surface area contributed by atoms with Crippen LogP contribution in [-0.4, -0.2) is 18.3 Å². The Bertz CT molecular complexity index is 371. The van der Waals surface area contributed by atoms with Gasteiger partial charge in [-0.25, -0.2) is 0 Å². The van der Waals surface area contributed by atoms with Crippen LogP contribution in [0.25, 0.3) is 0 Å². The number of carbonyl (C=O) groups excluding carboxylic acids is 1. The summed E-state index contributed by atoms with van der Waals surface area (Å²) in [5.41, 5.74) is 0.639. The van der Waals surface area contributed by atoms with Crippen molar-refractivity contribution in [3.8, 4) is 0 Å². The van der Waals surface area contributed by atoms with E-state index < -0.39 is 0 Å². The van der Waals surface area contributed by atoms with Crippen LogP contribution in [0.5, 0.6) is 0 Å². The number of amides is 1. The fourth-order valence-corrected chi connectivity index (χ4v) is 2.16. The molecule has 0 unspecified atom stereocenters. The zero-order valence-corrected chi connectivity index (χ0v) is 12.5. The van der Waals surface area contributed by atoms with Gasteiger partial charge in [0.05, 0.1) is 5.56 Å². The number of carbonyl (C=O) groups is 1. The van der Waals surface area contributed by atoms with Gasteiger partial charge in [0, 0.05) is 21.4 Å². The van der Waals surface area contributed by atoms with Gasteiger partial charge in [-0.2, -0.15) is 0 Å². The molecular formula is C11H12Br2ClNO. The Labute approximate surface area is 117 Å². The molecule has 2 nitrogen and oxygen atoms in total. The number of unbranched alkanes of at least 4 members (excludes halogenated alkanes) is 1. The number of benzene rings is 1. The number of halogens is 3. The van der Waals surface area contributed by atoms with E-state index >= 15 is 0 Å². The van der Waals surface area contributed by atoms with Crippen LogP contribution in [0.4, 0.5) is 0 Å². The first kappa shape index (κ1) is 14.0. The van der Waals surface area contributed by atoms with Crippen LogP contribution in [0.15, 0.2) is 27.1 Å². The Balaban J connectivity index is 2.55. The van der Waals surface area contributed by atoms with E-state index in [0.717, 1.165) is 21.8 Å². The first-order valence-corrected chi connectivity index (χ1v) is 7.06. The number of hydrogen-bond donors (Lipinski definition) is 1. The van der Waals surface area contributed by atoms with Crippen molar-refractivity contribution in [3.05, 3.63) is 32.7 Å².